The predicted octanol–water partition coefficient (Wildman–Crippen LogP) is 4.74. The summed E-state index contributed by atoms with van der Waals surface area (Å²) in [6.07, 6.45) is 6.29. The first-order chi connectivity index (χ1) is 8.73. The van der Waals surface area contributed by atoms with Crippen molar-refractivity contribution in [1.82, 2.24) is 0 Å². The lowest BCUT2D eigenvalue weighted by Gasteiger charge is -2.25. The van der Waals surface area contributed by atoms with Crippen LogP contribution in [-0.4, -0.2) is 13.5 Å². The first-order valence-corrected chi connectivity index (χ1v) is 11.5. The van der Waals surface area contributed by atoms with Gasteiger partial charge in [-0.15, -0.1) is 0 Å². The van der Waals surface area contributed by atoms with E-state index in [9.17, 15) is 0 Å². The van der Waals surface area contributed by atoms with Gasteiger partial charge in [0.05, 0.1) is 0 Å². The summed E-state index contributed by atoms with van der Waals surface area (Å²) in [7, 11) is 0. The van der Waals surface area contributed by atoms with Crippen LogP contribution in [0, 0.1) is 0 Å². The molecule has 0 saturated heterocycles. The van der Waals surface area contributed by atoms with E-state index in [4.69, 9.17) is 4.43 Å². The van der Waals surface area contributed by atoms with Gasteiger partial charge in [0.25, 0.3) is 6.94 Å². The third-order valence-corrected chi connectivity index (χ3v) is 9.20. The zero-order valence-electron chi connectivity index (χ0n) is 11.6. The minimum atomic E-state index is -1.88. The van der Waals surface area contributed by atoms with Gasteiger partial charge in [-0.05, 0) is 17.7 Å². The second kappa shape index (κ2) is 8.89. The van der Waals surface area contributed by atoms with Crippen LogP contribution < -0.4 is 5.19 Å². The van der Waals surface area contributed by atoms with Gasteiger partial charge in [0, 0.05) is 6.61 Å². The minimum absolute atomic E-state index is 0.861. The standard InChI is InChI=1S/C15H25BrOSi/c1-3-5-6-10-14-18(16,17-13-4-2)15-11-8-7-9-12-15/h7-9,11-12H,3-6,10,13-14H2,1-2H3. The van der Waals surface area contributed by atoms with Crippen LogP contribution in [0.5, 0.6) is 0 Å². The van der Waals surface area contributed by atoms with Crippen LogP contribution in [0.2, 0.25) is 6.04 Å². The number of benzene rings is 1. The third kappa shape index (κ3) is 5.25. The zero-order chi connectivity index (χ0) is 13.3. The lowest BCUT2D eigenvalue weighted by atomic mass is 10.2. The molecule has 0 radical (unpaired) electrons. The normalized spacial score (nSPS) is 14.4. The van der Waals surface area contributed by atoms with Crippen molar-refractivity contribution in [3.05, 3.63) is 30.3 Å². The average molecular weight is 329 g/mol. The Morgan fingerprint density at radius 2 is 1.72 bits per heavy atom. The minimum Gasteiger partial charge on any atom is -0.403 e. The summed E-state index contributed by atoms with van der Waals surface area (Å²) in [4.78, 5) is 0. The molecule has 0 aliphatic carbocycles. The fourth-order valence-electron chi connectivity index (χ4n) is 2.03. The van der Waals surface area contributed by atoms with Crippen LogP contribution in [0.1, 0.15) is 46.0 Å². The Hall–Kier alpha value is -0.123. The summed E-state index contributed by atoms with van der Waals surface area (Å²) >= 11 is 3.96. The van der Waals surface area contributed by atoms with Crippen LogP contribution >= 0.6 is 15.3 Å². The van der Waals surface area contributed by atoms with Crippen molar-refractivity contribution < 1.29 is 4.43 Å². The molecule has 0 aromatic heterocycles. The highest BCUT2D eigenvalue weighted by Gasteiger charge is 2.33. The highest BCUT2D eigenvalue weighted by molar-refractivity contribution is 9.26. The van der Waals surface area contributed by atoms with E-state index in [1.54, 1.807) is 0 Å². The SMILES string of the molecule is CCCCCC[Si](Br)(OCCC)c1ccccc1. The van der Waals surface area contributed by atoms with Crippen LogP contribution in [0.25, 0.3) is 0 Å². The predicted molar refractivity (Wildman–Crippen MR) is 85.9 cm³/mol. The average Bonchev–Trinajstić information content (AvgIpc) is 2.42. The van der Waals surface area contributed by atoms with E-state index in [-0.39, 0.29) is 0 Å². The van der Waals surface area contributed by atoms with Gasteiger partial charge in [-0.3, -0.25) is 0 Å². The third-order valence-electron chi connectivity index (χ3n) is 3.09. The number of halogens is 1. The summed E-state index contributed by atoms with van der Waals surface area (Å²) in [6, 6.07) is 11.9. The van der Waals surface area contributed by atoms with E-state index < -0.39 is 6.94 Å². The zero-order valence-corrected chi connectivity index (χ0v) is 14.2. The summed E-state index contributed by atoms with van der Waals surface area (Å²) in [5.74, 6) is 0. The fraction of sp³-hybridized carbons (Fsp3) is 0.600. The molecule has 0 heterocycles. The smallest absolute Gasteiger partial charge is 0.295 e. The van der Waals surface area contributed by atoms with Crippen molar-refractivity contribution >= 4 is 27.4 Å². The second-order valence-electron chi connectivity index (χ2n) is 4.75. The van der Waals surface area contributed by atoms with E-state index in [1.165, 1.54) is 36.9 Å². The first-order valence-electron chi connectivity index (χ1n) is 7.11. The van der Waals surface area contributed by atoms with Gasteiger partial charge in [-0.1, -0.05) is 85.2 Å². The van der Waals surface area contributed by atoms with Gasteiger partial charge in [0.1, 0.15) is 0 Å². The van der Waals surface area contributed by atoms with Crippen LogP contribution in [0.4, 0.5) is 0 Å². The molecule has 1 atom stereocenters. The summed E-state index contributed by atoms with van der Waals surface area (Å²) < 4.78 is 6.20. The second-order valence-corrected chi connectivity index (χ2v) is 11.4. The first kappa shape index (κ1) is 15.9. The van der Waals surface area contributed by atoms with E-state index >= 15 is 0 Å². The molecule has 18 heavy (non-hydrogen) atoms. The van der Waals surface area contributed by atoms with Crippen LogP contribution in [-0.2, 0) is 4.43 Å². The molecule has 1 unspecified atom stereocenters. The number of unbranched alkanes of at least 4 members (excludes halogenated alkanes) is 3. The van der Waals surface area contributed by atoms with Gasteiger partial charge < -0.3 is 4.43 Å². The van der Waals surface area contributed by atoms with Crippen molar-refractivity contribution in [1.29, 1.82) is 0 Å². The van der Waals surface area contributed by atoms with E-state index in [1.807, 2.05) is 0 Å². The molecule has 0 amide bonds. The molecule has 1 aromatic rings. The van der Waals surface area contributed by atoms with E-state index in [0.717, 1.165) is 13.0 Å². The largest absolute Gasteiger partial charge is 0.403 e. The Morgan fingerprint density at radius 3 is 2.33 bits per heavy atom. The van der Waals surface area contributed by atoms with Crippen molar-refractivity contribution in [3.63, 3.8) is 0 Å². The van der Waals surface area contributed by atoms with Gasteiger partial charge in [0.2, 0.25) is 0 Å². The quantitative estimate of drug-likeness (QED) is 0.361. The highest BCUT2D eigenvalue weighted by Crippen LogP contribution is 2.23. The lowest BCUT2D eigenvalue weighted by Crippen LogP contribution is -2.45. The van der Waals surface area contributed by atoms with Crippen LogP contribution in [0.3, 0.4) is 0 Å². The number of hydrogen-bond donors (Lipinski definition) is 0. The molecule has 1 rings (SSSR count). The van der Waals surface area contributed by atoms with Crippen molar-refractivity contribution in [3.8, 4) is 0 Å². The van der Waals surface area contributed by atoms with Crippen molar-refractivity contribution in [2.45, 2.75) is 52.0 Å². The summed E-state index contributed by atoms with van der Waals surface area (Å²) in [5, 5.41) is 1.37. The Labute approximate surface area is 121 Å². The van der Waals surface area contributed by atoms with Gasteiger partial charge >= 0.3 is 0 Å². The molecular weight excluding hydrogens is 304 g/mol. The molecule has 1 nitrogen and oxygen atoms in total. The van der Waals surface area contributed by atoms with Crippen molar-refractivity contribution in [2.75, 3.05) is 6.61 Å². The number of hydrogen-bond acceptors (Lipinski definition) is 1. The Balaban J connectivity index is 2.63. The highest BCUT2D eigenvalue weighted by atomic mass is 79.9. The maximum absolute atomic E-state index is 6.20. The molecule has 0 spiro atoms. The lowest BCUT2D eigenvalue weighted by molar-refractivity contribution is 0.320. The molecule has 102 valence electrons. The topological polar surface area (TPSA) is 9.23 Å². The van der Waals surface area contributed by atoms with Gasteiger partial charge in [0.15, 0.2) is 0 Å². The molecule has 1 aromatic carbocycles. The summed E-state index contributed by atoms with van der Waals surface area (Å²) in [6.45, 7) is 3.40. The Kier molecular flexibility index (Phi) is 7.87. The number of rotatable bonds is 9. The van der Waals surface area contributed by atoms with Crippen molar-refractivity contribution in [2.24, 2.45) is 0 Å². The molecule has 0 N–H and O–H groups in total. The molecule has 0 saturated carbocycles. The Morgan fingerprint density at radius 1 is 1.00 bits per heavy atom. The molecule has 0 aliphatic heterocycles. The monoisotopic (exact) mass is 328 g/mol. The molecule has 0 bridgehead atoms. The Bertz CT molecular complexity index is 318. The fourth-order valence-corrected chi connectivity index (χ4v) is 6.67. The molecule has 0 aliphatic rings. The molecule has 3 heteroatoms. The van der Waals surface area contributed by atoms with Gasteiger partial charge in [-0.2, -0.15) is 0 Å². The van der Waals surface area contributed by atoms with E-state index in [2.05, 4.69) is 59.5 Å². The summed E-state index contributed by atoms with van der Waals surface area (Å²) in [5.41, 5.74) is 0. The van der Waals surface area contributed by atoms with Crippen LogP contribution in [0.15, 0.2) is 30.3 Å². The maximum atomic E-state index is 6.20. The maximum Gasteiger partial charge on any atom is 0.295 e. The molecule has 0 fully saturated rings. The van der Waals surface area contributed by atoms with E-state index in [0.29, 0.717) is 0 Å². The molecular formula is C15H25BrOSi. The van der Waals surface area contributed by atoms with Gasteiger partial charge in [-0.25, -0.2) is 0 Å².